The minimum atomic E-state index is 0.624. The molecule has 3 heterocycles. The monoisotopic (exact) mass is 347 g/mol. The van der Waals surface area contributed by atoms with E-state index in [0.29, 0.717) is 11.6 Å². The van der Waals surface area contributed by atoms with Gasteiger partial charge in [-0.2, -0.15) is 9.50 Å². The molecule has 0 radical (unpaired) electrons. The van der Waals surface area contributed by atoms with Crippen LogP contribution < -0.4 is 0 Å². The first-order valence-electron chi connectivity index (χ1n) is 8.03. The molecule has 0 saturated carbocycles. The summed E-state index contributed by atoms with van der Waals surface area (Å²) >= 11 is 1.69. The highest BCUT2D eigenvalue weighted by atomic mass is 32.2. The Balaban J connectivity index is 1.70. The lowest BCUT2D eigenvalue weighted by Gasteiger charge is -2.04. The molecule has 0 N–H and O–H groups in total. The van der Waals surface area contributed by atoms with Crippen molar-refractivity contribution < 1.29 is 0 Å². The summed E-state index contributed by atoms with van der Waals surface area (Å²) in [6, 6.07) is 16.2. The van der Waals surface area contributed by atoms with Gasteiger partial charge in [-0.25, -0.2) is 4.98 Å². The molecule has 0 aliphatic heterocycles. The second-order valence-electron chi connectivity index (χ2n) is 5.86. The normalized spacial score (nSPS) is 11.1. The maximum absolute atomic E-state index is 4.67. The number of pyridine rings is 1. The van der Waals surface area contributed by atoms with E-state index in [-0.39, 0.29) is 0 Å². The molecule has 3 aromatic heterocycles. The van der Waals surface area contributed by atoms with E-state index >= 15 is 0 Å². The number of benzene rings is 1. The third-order valence-electron chi connectivity index (χ3n) is 3.81. The van der Waals surface area contributed by atoms with Gasteiger partial charge in [-0.15, -0.1) is 5.10 Å². The summed E-state index contributed by atoms with van der Waals surface area (Å²) in [5.41, 5.74) is 4.18. The average Bonchev–Trinajstić information content (AvgIpc) is 3.05. The van der Waals surface area contributed by atoms with Crippen molar-refractivity contribution in [1.29, 1.82) is 0 Å². The Morgan fingerprint density at radius 3 is 2.60 bits per heavy atom. The number of thioether (sulfide) groups is 1. The van der Waals surface area contributed by atoms with Gasteiger partial charge >= 0.3 is 0 Å². The van der Waals surface area contributed by atoms with Crippen molar-refractivity contribution in [2.75, 3.05) is 0 Å². The van der Waals surface area contributed by atoms with E-state index in [4.69, 9.17) is 0 Å². The van der Waals surface area contributed by atoms with Crippen molar-refractivity contribution in [2.45, 2.75) is 24.6 Å². The van der Waals surface area contributed by atoms with Crippen molar-refractivity contribution in [2.24, 2.45) is 0 Å². The highest BCUT2D eigenvalue weighted by Gasteiger charge is 2.12. The molecule has 25 heavy (non-hydrogen) atoms. The van der Waals surface area contributed by atoms with Crippen LogP contribution in [0.4, 0.5) is 0 Å². The van der Waals surface area contributed by atoms with Crippen molar-refractivity contribution in [3.63, 3.8) is 0 Å². The fourth-order valence-electron chi connectivity index (χ4n) is 2.51. The van der Waals surface area contributed by atoms with Crippen LogP contribution in [0, 0.1) is 13.8 Å². The molecule has 4 aromatic rings. The summed E-state index contributed by atoms with van der Waals surface area (Å²) in [5.74, 6) is 2.09. The van der Waals surface area contributed by atoms with Gasteiger partial charge in [-0.3, -0.25) is 4.98 Å². The molecule has 0 saturated heterocycles. The van der Waals surface area contributed by atoms with Gasteiger partial charge in [-0.05, 0) is 32.0 Å². The predicted molar refractivity (Wildman–Crippen MR) is 99.5 cm³/mol. The van der Waals surface area contributed by atoms with Crippen LogP contribution in [0.3, 0.4) is 0 Å². The molecule has 6 heteroatoms. The zero-order chi connectivity index (χ0) is 17.2. The summed E-state index contributed by atoms with van der Waals surface area (Å²) in [6.45, 7) is 4.04. The maximum atomic E-state index is 4.67. The third kappa shape index (κ3) is 3.39. The molecule has 124 valence electrons. The Morgan fingerprint density at radius 1 is 1.00 bits per heavy atom. The van der Waals surface area contributed by atoms with Crippen molar-refractivity contribution in [3.05, 3.63) is 71.7 Å². The van der Waals surface area contributed by atoms with E-state index in [1.165, 1.54) is 5.56 Å². The van der Waals surface area contributed by atoms with Gasteiger partial charge in [0.15, 0.2) is 5.82 Å². The minimum Gasteiger partial charge on any atom is -0.260 e. The zero-order valence-electron chi connectivity index (χ0n) is 14.0. The summed E-state index contributed by atoms with van der Waals surface area (Å²) < 4.78 is 1.82. The maximum Gasteiger partial charge on any atom is 0.254 e. The Labute approximate surface area is 150 Å². The van der Waals surface area contributed by atoms with Crippen LogP contribution in [0.25, 0.3) is 17.2 Å². The molecule has 0 fully saturated rings. The fraction of sp³-hybridized carbons (Fsp3) is 0.158. The molecule has 4 rings (SSSR count). The average molecular weight is 347 g/mol. The Bertz CT molecular complexity index is 1010. The fourth-order valence-corrected chi connectivity index (χ4v) is 3.48. The molecule has 0 aliphatic rings. The number of hydrogen-bond acceptors (Lipinski definition) is 5. The molecule has 0 aliphatic carbocycles. The van der Waals surface area contributed by atoms with Gasteiger partial charge in [0.1, 0.15) is 5.03 Å². The molecule has 1 aromatic carbocycles. The summed E-state index contributed by atoms with van der Waals surface area (Å²) in [5, 5.41) is 5.68. The largest absolute Gasteiger partial charge is 0.260 e. The summed E-state index contributed by atoms with van der Waals surface area (Å²) in [6.07, 6.45) is 1.81. The summed E-state index contributed by atoms with van der Waals surface area (Å²) in [4.78, 5) is 13.5. The topological polar surface area (TPSA) is 56.0 Å². The number of aryl methyl sites for hydroxylation is 2. The smallest absolute Gasteiger partial charge is 0.254 e. The second kappa shape index (κ2) is 6.64. The van der Waals surface area contributed by atoms with Crippen LogP contribution >= 0.6 is 11.8 Å². The molecule has 0 bridgehead atoms. The highest BCUT2D eigenvalue weighted by molar-refractivity contribution is 7.98. The van der Waals surface area contributed by atoms with Gasteiger partial charge in [-0.1, -0.05) is 47.7 Å². The molecule has 0 spiro atoms. The number of aromatic nitrogens is 5. The van der Waals surface area contributed by atoms with E-state index in [1.807, 2.05) is 54.0 Å². The van der Waals surface area contributed by atoms with E-state index < -0.39 is 0 Å². The predicted octanol–water partition coefficient (Wildman–Crippen LogP) is 4.10. The number of nitrogens with zero attached hydrogens (tertiary/aromatic N) is 5. The van der Waals surface area contributed by atoms with Crippen molar-refractivity contribution >= 4 is 17.5 Å². The standard InChI is InChI=1S/C19H17N5S/c1-13-6-8-15(9-7-13)18-22-19-21-14(2)11-17(24(19)23-18)25-12-16-5-3-4-10-20-16/h3-11H,12H2,1-2H3. The molecular weight excluding hydrogens is 330 g/mol. The summed E-state index contributed by atoms with van der Waals surface area (Å²) in [7, 11) is 0. The minimum absolute atomic E-state index is 0.624. The third-order valence-corrected chi connectivity index (χ3v) is 4.84. The number of rotatable bonds is 4. The zero-order valence-corrected chi connectivity index (χ0v) is 14.9. The lowest BCUT2D eigenvalue weighted by atomic mass is 10.1. The lowest BCUT2D eigenvalue weighted by molar-refractivity contribution is 0.835. The highest BCUT2D eigenvalue weighted by Crippen LogP contribution is 2.24. The van der Waals surface area contributed by atoms with Gasteiger partial charge in [0.25, 0.3) is 5.78 Å². The van der Waals surface area contributed by atoms with Gasteiger partial charge in [0.05, 0.1) is 5.69 Å². The Hall–Kier alpha value is -2.73. The van der Waals surface area contributed by atoms with Crippen LogP contribution in [-0.2, 0) is 5.75 Å². The first-order valence-corrected chi connectivity index (χ1v) is 9.02. The van der Waals surface area contributed by atoms with Crippen LogP contribution in [0.5, 0.6) is 0 Å². The Kier molecular flexibility index (Phi) is 4.19. The lowest BCUT2D eigenvalue weighted by Crippen LogP contribution is -1.98. The molecule has 0 amide bonds. The van der Waals surface area contributed by atoms with Gasteiger partial charge in [0, 0.05) is 23.2 Å². The van der Waals surface area contributed by atoms with Crippen molar-refractivity contribution in [1.82, 2.24) is 24.6 Å². The quantitative estimate of drug-likeness (QED) is 0.411. The van der Waals surface area contributed by atoms with E-state index in [1.54, 1.807) is 11.8 Å². The molecule has 0 atom stereocenters. The van der Waals surface area contributed by atoms with Crippen LogP contribution in [-0.4, -0.2) is 24.6 Å². The molecule has 0 unspecified atom stereocenters. The van der Waals surface area contributed by atoms with Gasteiger partial charge in [0.2, 0.25) is 0 Å². The van der Waals surface area contributed by atoms with E-state index in [9.17, 15) is 0 Å². The number of hydrogen-bond donors (Lipinski definition) is 0. The molecule has 5 nitrogen and oxygen atoms in total. The van der Waals surface area contributed by atoms with E-state index in [0.717, 1.165) is 27.7 Å². The van der Waals surface area contributed by atoms with Crippen molar-refractivity contribution in [3.8, 4) is 11.4 Å². The number of fused-ring (bicyclic) bond motifs is 1. The van der Waals surface area contributed by atoms with Crippen LogP contribution in [0.1, 0.15) is 17.0 Å². The first-order chi connectivity index (χ1) is 12.2. The van der Waals surface area contributed by atoms with Crippen LogP contribution in [0.2, 0.25) is 0 Å². The second-order valence-corrected chi connectivity index (χ2v) is 6.85. The Morgan fingerprint density at radius 2 is 1.84 bits per heavy atom. The van der Waals surface area contributed by atoms with Gasteiger partial charge < -0.3 is 0 Å². The SMILES string of the molecule is Cc1ccc(-c2nc3nc(C)cc(SCc4ccccn4)n3n2)cc1. The first kappa shape index (κ1) is 15.8. The van der Waals surface area contributed by atoms with Crippen LogP contribution in [0.15, 0.2) is 59.8 Å². The van der Waals surface area contributed by atoms with E-state index in [2.05, 4.69) is 39.1 Å². The molecular formula is C19H17N5S.